The molecule has 0 atom stereocenters. The molecular weight excluding hydrogens is 202 g/mol. The van der Waals surface area contributed by atoms with E-state index < -0.39 is 0 Å². The molecular formula is C7H11N5OS. The SMILES string of the molecule is CN1CCN(Cc2nnsc2N)C1=O. The number of hydrogen-bond donors (Lipinski definition) is 1. The van der Waals surface area contributed by atoms with Crippen molar-refractivity contribution in [1.29, 1.82) is 0 Å². The van der Waals surface area contributed by atoms with Crippen LogP contribution in [-0.4, -0.2) is 45.6 Å². The molecule has 2 amide bonds. The van der Waals surface area contributed by atoms with Crippen molar-refractivity contribution >= 4 is 22.6 Å². The third-order valence-corrected chi connectivity index (χ3v) is 2.82. The van der Waals surface area contributed by atoms with Crippen molar-refractivity contribution in [2.75, 3.05) is 25.9 Å². The molecule has 1 saturated heterocycles. The van der Waals surface area contributed by atoms with E-state index in [2.05, 4.69) is 9.59 Å². The molecule has 1 aliphatic rings. The molecule has 0 spiro atoms. The Hall–Kier alpha value is -1.37. The standard InChI is InChI=1S/C7H11N5OS/c1-11-2-3-12(7(11)13)4-5-6(8)14-10-9-5/h2-4,8H2,1H3. The van der Waals surface area contributed by atoms with Crippen molar-refractivity contribution in [3.8, 4) is 0 Å². The molecule has 0 aliphatic carbocycles. The van der Waals surface area contributed by atoms with Gasteiger partial charge in [-0.3, -0.25) is 0 Å². The number of aromatic nitrogens is 2. The summed E-state index contributed by atoms with van der Waals surface area (Å²) in [6.45, 7) is 1.95. The minimum atomic E-state index is 0.0254. The van der Waals surface area contributed by atoms with Gasteiger partial charge < -0.3 is 15.5 Å². The largest absolute Gasteiger partial charge is 0.388 e. The number of nitrogen functional groups attached to an aromatic ring is 1. The molecule has 0 bridgehead atoms. The lowest BCUT2D eigenvalue weighted by Gasteiger charge is -2.14. The van der Waals surface area contributed by atoms with E-state index in [1.807, 2.05) is 0 Å². The lowest BCUT2D eigenvalue weighted by Crippen LogP contribution is -2.29. The van der Waals surface area contributed by atoms with E-state index in [4.69, 9.17) is 5.73 Å². The predicted octanol–water partition coefficient (Wildman–Crippen LogP) is -0.0123. The first-order valence-electron chi connectivity index (χ1n) is 4.25. The molecule has 7 heteroatoms. The van der Waals surface area contributed by atoms with Crippen LogP contribution in [0.4, 0.5) is 9.80 Å². The number of carbonyl (C=O) groups is 1. The van der Waals surface area contributed by atoms with Gasteiger partial charge in [-0.25, -0.2) is 4.79 Å². The zero-order chi connectivity index (χ0) is 10.1. The van der Waals surface area contributed by atoms with Gasteiger partial charge in [-0.1, -0.05) is 4.49 Å². The molecule has 1 aromatic heterocycles. The lowest BCUT2D eigenvalue weighted by atomic mass is 10.4. The lowest BCUT2D eigenvalue weighted by molar-refractivity contribution is 0.196. The first-order chi connectivity index (χ1) is 6.68. The molecule has 2 N–H and O–H groups in total. The third kappa shape index (κ3) is 1.50. The minimum Gasteiger partial charge on any atom is -0.388 e. The Balaban J connectivity index is 2.06. The van der Waals surface area contributed by atoms with Gasteiger partial charge in [0.25, 0.3) is 0 Å². The summed E-state index contributed by atoms with van der Waals surface area (Å²) in [7, 11) is 1.78. The van der Waals surface area contributed by atoms with Gasteiger partial charge in [0.2, 0.25) is 0 Å². The minimum absolute atomic E-state index is 0.0254. The van der Waals surface area contributed by atoms with E-state index in [1.165, 1.54) is 0 Å². The van der Waals surface area contributed by atoms with Crippen molar-refractivity contribution in [1.82, 2.24) is 19.4 Å². The Bertz CT molecular complexity index is 352. The number of rotatable bonds is 2. The van der Waals surface area contributed by atoms with Crippen LogP contribution in [0.5, 0.6) is 0 Å². The average molecular weight is 213 g/mol. The van der Waals surface area contributed by atoms with Crippen LogP contribution in [0.25, 0.3) is 0 Å². The van der Waals surface area contributed by atoms with Crippen molar-refractivity contribution < 1.29 is 4.79 Å². The van der Waals surface area contributed by atoms with Gasteiger partial charge >= 0.3 is 6.03 Å². The van der Waals surface area contributed by atoms with Gasteiger partial charge in [0.15, 0.2) is 0 Å². The summed E-state index contributed by atoms with van der Waals surface area (Å²) < 4.78 is 3.72. The van der Waals surface area contributed by atoms with E-state index in [0.29, 0.717) is 17.2 Å². The fraction of sp³-hybridized carbons (Fsp3) is 0.571. The van der Waals surface area contributed by atoms with Crippen LogP contribution in [0.2, 0.25) is 0 Å². The predicted molar refractivity (Wildman–Crippen MR) is 52.8 cm³/mol. The van der Waals surface area contributed by atoms with Gasteiger partial charge in [-0.2, -0.15) is 0 Å². The zero-order valence-corrected chi connectivity index (χ0v) is 8.62. The summed E-state index contributed by atoms with van der Waals surface area (Å²) in [4.78, 5) is 14.9. The molecule has 2 heterocycles. The highest BCUT2D eigenvalue weighted by atomic mass is 32.1. The van der Waals surface area contributed by atoms with Crippen LogP contribution in [0.3, 0.4) is 0 Å². The third-order valence-electron chi connectivity index (χ3n) is 2.23. The van der Waals surface area contributed by atoms with Crippen molar-refractivity contribution in [3.63, 3.8) is 0 Å². The number of likely N-dealkylation sites (N-methyl/N-ethyl adjacent to an activating group) is 1. The topological polar surface area (TPSA) is 75.3 Å². The molecule has 76 valence electrons. The molecule has 1 fully saturated rings. The molecule has 6 nitrogen and oxygen atoms in total. The fourth-order valence-electron chi connectivity index (χ4n) is 1.36. The smallest absolute Gasteiger partial charge is 0.320 e. The van der Waals surface area contributed by atoms with E-state index in [-0.39, 0.29) is 6.03 Å². The number of carbonyl (C=O) groups excluding carboxylic acids is 1. The van der Waals surface area contributed by atoms with E-state index in [0.717, 1.165) is 24.6 Å². The van der Waals surface area contributed by atoms with Crippen LogP contribution < -0.4 is 5.73 Å². The zero-order valence-electron chi connectivity index (χ0n) is 7.80. The average Bonchev–Trinajstić information content (AvgIpc) is 2.68. The number of hydrogen-bond acceptors (Lipinski definition) is 5. The summed E-state index contributed by atoms with van der Waals surface area (Å²) in [5, 5.41) is 4.46. The summed E-state index contributed by atoms with van der Waals surface area (Å²) >= 11 is 1.15. The van der Waals surface area contributed by atoms with Crippen molar-refractivity contribution in [2.45, 2.75) is 6.54 Å². The van der Waals surface area contributed by atoms with E-state index in [9.17, 15) is 4.79 Å². The maximum absolute atomic E-state index is 11.5. The normalized spacial score (nSPS) is 16.8. The molecule has 0 radical (unpaired) electrons. The van der Waals surface area contributed by atoms with Gasteiger partial charge in [0.1, 0.15) is 10.7 Å². The number of amides is 2. The molecule has 2 rings (SSSR count). The quantitative estimate of drug-likeness (QED) is 0.749. The van der Waals surface area contributed by atoms with Gasteiger partial charge in [-0.15, -0.1) is 5.10 Å². The van der Waals surface area contributed by atoms with E-state index >= 15 is 0 Å². The number of urea groups is 1. The highest BCUT2D eigenvalue weighted by molar-refractivity contribution is 7.09. The molecule has 14 heavy (non-hydrogen) atoms. The number of nitrogens with zero attached hydrogens (tertiary/aromatic N) is 4. The molecule has 1 aromatic rings. The van der Waals surface area contributed by atoms with Gasteiger partial charge in [0.05, 0.1) is 6.54 Å². The van der Waals surface area contributed by atoms with E-state index in [1.54, 1.807) is 16.8 Å². The number of nitrogens with two attached hydrogens (primary N) is 1. The molecule has 0 aromatic carbocycles. The van der Waals surface area contributed by atoms with Crippen LogP contribution in [0.1, 0.15) is 5.69 Å². The van der Waals surface area contributed by atoms with Crippen molar-refractivity contribution in [3.05, 3.63) is 5.69 Å². The first-order valence-corrected chi connectivity index (χ1v) is 5.02. The summed E-state index contributed by atoms with van der Waals surface area (Å²) in [6.07, 6.45) is 0. The van der Waals surface area contributed by atoms with Crippen molar-refractivity contribution in [2.24, 2.45) is 0 Å². The van der Waals surface area contributed by atoms with Gasteiger partial charge in [-0.05, 0) is 0 Å². The Kier molecular flexibility index (Phi) is 2.24. The monoisotopic (exact) mass is 213 g/mol. The fourth-order valence-corrected chi connectivity index (χ4v) is 1.79. The first kappa shape index (κ1) is 9.20. The van der Waals surface area contributed by atoms with Crippen LogP contribution in [-0.2, 0) is 6.54 Å². The summed E-state index contributed by atoms with van der Waals surface area (Å²) in [6, 6.07) is 0.0254. The van der Waals surface area contributed by atoms with Crippen LogP contribution in [0.15, 0.2) is 0 Å². The summed E-state index contributed by atoms with van der Waals surface area (Å²) in [5.41, 5.74) is 6.33. The summed E-state index contributed by atoms with van der Waals surface area (Å²) in [5.74, 6) is 0. The second-order valence-electron chi connectivity index (χ2n) is 3.21. The highest BCUT2D eigenvalue weighted by Gasteiger charge is 2.26. The molecule has 0 unspecified atom stereocenters. The Morgan fingerprint density at radius 1 is 1.57 bits per heavy atom. The molecule has 1 aliphatic heterocycles. The number of anilines is 1. The van der Waals surface area contributed by atoms with Crippen LogP contribution >= 0.6 is 11.5 Å². The second-order valence-corrected chi connectivity index (χ2v) is 4.00. The Labute approximate surface area is 85.5 Å². The highest BCUT2D eigenvalue weighted by Crippen LogP contribution is 2.17. The second kappa shape index (κ2) is 3.41. The van der Waals surface area contributed by atoms with Gasteiger partial charge in [0, 0.05) is 31.7 Å². The molecule has 0 saturated carbocycles. The van der Waals surface area contributed by atoms with Crippen LogP contribution in [0, 0.1) is 0 Å². The maximum atomic E-state index is 11.5. The Morgan fingerprint density at radius 2 is 2.36 bits per heavy atom. The Morgan fingerprint density at radius 3 is 2.86 bits per heavy atom. The maximum Gasteiger partial charge on any atom is 0.320 e.